The monoisotopic (exact) mass is 345 g/mol. The van der Waals surface area contributed by atoms with E-state index in [0.717, 1.165) is 12.2 Å². The van der Waals surface area contributed by atoms with Crippen molar-refractivity contribution >= 4 is 17.4 Å². The molecule has 1 fully saturated rings. The van der Waals surface area contributed by atoms with Crippen molar-refractivity contribution in [2.45, 2.75) is 32.4 Å². The number of amides is 2. The summed E-state index contributed by atoms with van der Waals surface area (Å²) in [6.45, 7) is 3.24. The van der Waals surface area contributed by atoms with Crippen molar-refractivity contribution in [3.05, 3.63) is 46.3 Å². The zero-order valence-corrected chi connectivity index (χ0v) is 14.9. The standard InChI is InChI=1S/C18H23N3O2S/c1-13(16-4-3-9-24-16)21(2)18(22)20-11-15-7-8-17(19-10-15)23-12-14-5-6-14/h3-4,7-10,13-14H,5-6,11-12H2,1-2H3,(H,20,22)/t13-/m1/s1. The molecule has 0 saturated heterocycles. The molecule has 3 rings (SSSR count). The fourth-order valence-corrected chi connectivity index (χ4v) is 3.11. The number of aromatic nitrogens is 1. The predicted molar refractivity (Wildman–Crippen MR) is 95.2 cm³/mol. The summed E-state index contributed by atoms with van der Waals surface area (Å²) in [4.78, 5) is 19.5. The molecule has 24 heavy (non-hydrogen) atoms. The minimum Gasteiger partial charge on any atom is -0.477 e. The van der Waals surface area contributed by atoms with E-state index >= 15 is 0 Å². The highest BCUT2D eigenvalue weighted by molar-refractivity contribution is 7.10. The van der Waals surface area contributed by atoms with Crippen LogP contribution in [0.1, 0.15) is 36.2 Å². The van der Waals surface area contributed by atoms with Gasteiger partial charge in [-0.2, -0.15) is 0 Å². The summed E-state index contributed by atoms with van der Waals surface area (Å²) in [6.07, 6.45) is 4.29. The molecule has 1 atom stereocenters. The van der Waals surface area contributed by atoms with Crippen molar-refractivity contribution in [3.8, 4) is 5.88 Å². The summed E-state index contributed by atoms with van der Waals surface area (Å²) in [6, 6.07) is 7.82. The highest BCUT2D eigenvalue weighted by Gasteiger charge is 2.22. The molecule has 2 amide bonds. The average Bonchev–Trinajstić information content (AvgIpc) is 3.28. The maximum absolute atomic E-state index is 12.3. The Bertz CT molecular complexity index is 653. The second kappa shape index (κ2) is 7.66. The molecule has 1 saturated carbocycles. The number of ether oxygens (including phenoxy) is 1. The Kier molecular flexibility index (Phi) is 5.35. The maximum Gasteiger partial charge on any atom is 0.317 e. The molecule has 5 nitrogen and oxygen atoms in total. The van der Waals surface area contributed by atoms with Crippen LogP contribution >= 0.6 is 11.3 Å². The van der Waals surface area contributed by atoms with Gasteiger partial charge in [0.25, 0.3) is 0 Å². The number of nitrogens with zero attached hydrogens (tertiary/aromatic N) is 2. The van der Waals surface area contributed by atoms with E-state index in [9.17, 15) is 4.79 Å². The van der Waals surface area contributed by atoms with Gasteiger partial charge in [-0.3, -0.25) is 0 Å². The number of nitrogens with one attached hydrogen (secondary N) is 1. The summed E-state index contributed by atoms with van der Waals surface area (Å²) < 4.78 is 5.62. The number of thiophene rings is 1. The summed E-state index contributed by atoms with van der Waals surface area (Å²) >= 11 is 1.66. The molecule has 0 unspecified atom stereocenters. The number of urea groups is 1. The summed E-state index contributed by atoms with van der Waals surface area (Å²) in [5.41, 5.74) is 0.958. The van der Waals surface area contributed by atoms with Crippen LogP contribution in [0.25, 0.3) is 0 Å². The molecule has 2 aromatic heterocycles. The van der Waals surface area contributed by atoms with E-state index in [4.69, 9.17) is 4.74 Å². The third-order valence-electron chi connectivity index (χ3n) is 4.26. The average molecular weight is 345 g/mol. The van der Waals surface area contributed by atoms with Crippen molar-refractivity contribution in [2.75, 3.05) is 13.7 Å². The Hall–Kier alpha value is -2.08. The van der Waals surface area contributed by atoms with Crippen molar-refractivity contribution in [2.24, 2.45) is 5.92 Å². The Labute approximate surface area is 146 Å². The third kappa shape index (κ3) is 4.47. The van der Waals surface area contributed by atoms with E-state index in [1.807, 2.05) is 43.6 Å². The van der Waals surface area contributed by atoms with Gasteiger partial charge in [-0.1, -0.05) is 12.1 Å². The lowest BCUT2D eigenvalue weighted by Crippen LogP contribution is -2.38. The van der Waals surface area contributed by atoms with Gasteiger partial charge >= 0.3 is 6.03 Å². The van der Waals surface area contributed by atoms with Crippen molar-refractivity contribution in [1.29, 1.82) is 0 Å². The highest BCUT2D eigenvalue weighted by Crippen LogP contribution is 2.29. The Balaban J connectivity index is 1.46. The van der Waals surface area contributed by atoms with Crippen LogP contribution < -0.4 is 10.1 Å². The van der Waals surface area contributed by atoms with E-state index in [1.165, 1.54) is 17.7 Å². The molecule has 1 aliphatic rings. The molecular formula is C18H23N3O2S. The van der Waals surface area contributed by atoms with E-state index in [2.05, 4.69) is 10.3 Å². The predicted octanol–water partition coefficient (Wildman–Crippen LogP) is 3.83. The highest BCUT2D eigenvalue weighted by atomic mass is 32.1. The molecule has 0 aromatic carbocycles. The molecule has 0 radical (unpaired) electrons. The molecule has 2 heterocycles. The largest absolute Gasteiger partial charge is 0.477 e. The van der Waals surface area contributed by atoms with Crippen LogP contribution in [0.5, 0.6) is 5.88 Å². The quantitative estimate of drug-likeness (QED) is 0.829. The van der Waals surface area contributed by atoms with E-state index in [1.54, 1.807) is 22.4 Å². The molecule has 0 bridgehead atoms. The first kappa shape index (κ1) is 16.8. The minimum absolute atomic E-state index is 0.0568. The minimum atomic E-state index is -0.0926. The first-order valence-electron chi connectivity index (χ1n) is 8.25. The van der Waals surface area contributed by atoms with Crippen LogP contribution in [0.15, 0.2) is 35.8 Å². The molecule has 0 aliphatic heterocycles. The van der Waals surface area contributed by atoms with Gasteiger partial charge in [-0.05, 0) is 42.7 Å². The molecular weight excluding hydrogens is 322 g/mol. The smallest absolute Gasteiger partial charge is 0.317 e. The Morgan fingerprint density at radius 3 is 2.92 bits per heavy atom. The van der Waals surface area contributed by atoms with E-state index < -0.39 is 0 Å². The molecule has 0 spiro atoms. The number of rotatable bonds is 7. The number of hydrogen-bond donors (Lipinski definition) is 1. The topological polar surface area (TPSA) is 54.5 Å². The van der Waals surface area contributed by atoms with Gasteiger partial charge in [0, 0.05) is 30.7 Å². The second-order valence-electron chi connectivity index (χ2n) is 6.22. The number of carbonyl (C=O) groups excluding carboxylic acids is 1. The van der Waals surface area contributed by atoms with E-state index in [0.29, 0.717) is 18.3 Å². The molecule has 1 N–H and O–H groups in total. The van der Waals surface area contributed by atoms with Gasteiger partial charge in [-0.25, -0.2) is 9.78 Å². The number of hydrogen-bond acceptors (Lipinski definition) is 4. The van der Waals surface area contributed by atoms with Crippen molar-refractivity contribution in [1.82, 2.24) is 15.2 Å². The molecule has 6 heteroatoms. The number of pyridine rings is 1. The van der Waals surface area contributed by atoms with Gasteiger partial charge in [0.2, 0.25) is 5.88 Å². The van der Waals surface area contributed by atoms with Crippen LogP contribution in [0.4, 0.5) is 4.79 Å². The van der Waals surface area contributed by atoms with Crippen LogP contribution in [-0.2, 0) is 6.54 Å². The van der Waals surface area contributed by atoms with Crippen LogP contribution in [-0.4, -0.2) is 29.6 Å². The van der Waals surface area contributed by atoms with Gasteiger partial charge in [-0.15, -0.1) is 11.3 Å². The van der Waals surface area contributed by atoms with Gasteiger partial charge in [0.1, 0.15) is 0 Å². The fourth-order valence-electron chi connectivity index (χ4n) is 2.29. The molecule has 1 aliphatic carbocycles. The lowest BCUT2D eigenvalue weighted by atomic mass is 10.2. The third-order valence-corrected chi connectivity index (χ3v) is 5.30. The van der Waals surface area contributed by atoms with Crippen molar-refractivity contribution in [3.63, 3.8) is 0 Å². The first-order chi connectivity index (χ1) is 11.6. The lowest BCUT2D eigenvalue weighted by Gasteiger charge is -2.24. The summed E-state index contributed by atoms with van der Waals surface area (Å²) in [5, 5.41) is 4.96. The molecule has 128 valence electrons. The lowest BCUT2D eigenvalue weighted by molar-refractivity contribution is 0.194. The Morgan fingerprint density at radius 2 is 2.29 bits per heavy atom. The normalized spacial score (nSPS) is 14.9. The summed E-state index contributed by atoms with van der Waals surface area (Å²) in [5.74, 6) is 1.37. The second-order valence-corrected chi connectivity index (χ2v) is 7.20. The van der Waals surface area contributed by atoms with Crippen LogP contribution in [0, 0.1) is 5.92 Å². The summed E-state index contributed by atoms with van der Waals surface area (Å²) in [7, 11) is 1.81. The zero-order valence-electron chi connectivity index (χ0n) is 14.1. The SMILES string of the molecule is C[C@H](c1cccs1)N(C)C(=O)NCc1ccc(OCC2CC2)nc1. The van der Waals surface area contributed by atoms with Crippen LogP contribution in [0.3, 0.4) is 0 Å². The fraction of sp³-hybridized carbons (Fsp3) is 0.444. The van der Waals surface area contributed by atoms with Gasteiger partial charge in [0.15, 0.2) is 0 Å². The molecule has 2 aromatic rings. The first-order valence-corrected chi connectivity index (χ1v) is 9.13. The Morgan fingerprint density at radius 1 is 1.46 bits per heavy atom. The maximum atomic E-state index is 12.3. The number of carbonyl (C=O) groups is 1. The van der Waals surface area contributed by atoms with Crippen LogP contribution in [0.2, 0.25) is 0 Å². The van der Waals surface area contributed by atoms with Gasteiger partial charge < -0.3 is 15.0 Å². The van der Waals surface area contributed by atoms with E-state index in [-0.39, 0.29) is 12.1 Å². The zero-order chi connectivity index (χ0) is 16.9. The van der Waals surface area contributed by atoms with Gasteiger partial charge in [0.05, 0.1) is 12.6 Å². The van der Waals surface area contributed by atoms with Crippen molar-refractivity contribution < 1.29 is 9.53 Å².